The molecule has 208 valence electrons. The molecule has 1 N–H and O–H groups in total. The molecule has 2 saturated heterocycles. The van der Waals surface area contributed by atoms with Crippen molar-refractivity contribution in [2.24, 2.45) is 0 Å². The molecule has 0 bridgehead atoms. The SMILES string of the molecule is COC[C@H]1O[C@@H](F)[C@H](OCCO[C@@H]2O[C@H](COC)[C@@H](OC)[C@H](OC)[C@H]2OCCO)[C@@H](OC)[C@@H]1OC. The van der Waals surface area contributed by atoms with Crippen molar-refractivity contribution < 1.29 is 61.6 Å². The summed E-state index contributed by atoms with van der Waals surface area (Å²) in [5.74, 6) is 0. The van der Waals surface area contributed by atoms with Gasteiger partial charge in [0.05, 0.1) is 39.6 Å². The average molecular weight is 517 g/mol. The van der Waals surface area contributed by atoms with Crippen LogP contribution in [0.2, 0.25) is 0 Å². The van der Waals surface area contributed by atoms with E-state index in [1.807, 2.05) is 0 Å². The second-order valence-corrected chi connectivity index (χ2v) is 8.05. The summed E-state index contributed by atoms with van der Waals surface area (Å²) in [7, 11) is 9.06. The third-order valence-corrected chi connectivity index (χ3v) is 6.00. The van der Waals surface area contributed by atoms with Gasteiger partial charge >= 0.3 is 0 Å². The fraction of sp³-hybridized carbons (Fsp3) is 1.00. The summed E-state index contributed by atoms with van der Waals surface area (Å²) in [6.07, 6.45) is -7.83. The molecule has 0 amide bonds. The summed E-state index contributed by atoms with van der Waals surface area (Å²) in [6, 6.07) is 0. The van der Waals surface area contributed by atoms with Crippen LogP contribution in [0, 0.1) is 0 Å². The van der Waals surface area contributed by atoms with Crippen molar-refractivity contribution in [2.45, 2.75) is 61.5 Å². The van der Waals surface area contributed by atoms with Gasteiger partial charge in [0.25, 0.3) is 0 Å². The van der Waals surface area contributed by atoms with Gasteiger partial charge in [0, 0.05) is 42.7 Å². The Morgan fingerprint density at radius 1 is 0.600 bits per heavy atom. The van der Waals surface area contributed by atoms with Crippen LogP contribution in [0.5, 0.6) is 0 Å². The van der Waals surface area contributed by atoms with Gasteiger partial charge in [0.2, 0.25) is 6.36 Å². The van der Waals surface area contributed by atoms with Crippen molar-refractivity contribution in [3.63, 3.8) is 0 Å². The van der Waals surface area contributed by atoms with Gasteiger partial charge in [0.15, 0.2) is 6.29 Å². The van der Waals surface area contributed by atoms with E-state index in [4.69, 9.17) is 52.1 Å². The van der Waals surface area contributed by atoms with Crippen molar-refractivity contribution in [3.05, 3.63) is 0 Å². The Bertz CT molecular complexity index is 561. The Morgan fingerprint density at radius 2 is 1.09 bits per heavy atom. The van der Waals surface area contributed by atoms with Crippen LogP contribution in [-0.4, -0.2) is 149 Å². The largest absolute Gasteiger partial charge is 0.394 e. The van der Waals surface area contributed by atoms with Crippen molar-refractivity contribution in [1.82, 2.24) is 0 Å². The number of ether oxygens (including phenoxy) is 11. The summed E-state index contributed by atoms with van der Waals surface area (Å²) >= 11 is 0. The third kappa shape index (κ3) is 7.97. The van der Waals surface area contributed by atoms with Crippen LogP contribution in [0.15, 0.2) is 0 Å². The number of methoxy groups -OCH3 is 6. The Labute approximate surface area is 206 Å². The molecule has 12 nitrogen and oxygen atoms in total. The predicted molar refractivity (Wildman–Crippen MR) is 118 cm³/mol. The minimum atomic E-state index is -1.75. The van der Waals surface area contributed by atoms with E-state index in [9.17, 15) is 9.50 Å². The molecule has 0 radical (unpaired) electrons. The number of hydrogen-bond acceptors (Lipinski definition) is 12. The number of hydrogen-bond donors (Lipinski definition) is 1. The van der Waals surface area contributed by atoms with Gasteiger partial charge in [-0.25, -0.2) is 4.39 Å². The quantitative estimate of drug-likeness (QED) is 0.267. The number of halogens is 1. The molecular weight excluding hydrogens is 475 g/mol. The molecule has 35 heavy (non-hydrogen) atoms. The average Bonchev–Trinajstić information content (AvgIpc) is 2.86. The van der Waals surface area contributed by atoms with E-state index in [-0.39, 0.29) is 39.6 Å². The number of rotatable bonds is 16. The van der Waals surface area contributed by atoms with E-state index in [1.165, 1.54) is 35.5 Å². The lowest BCUT2D eigenvalue weighted by Crippen LogP contribution is -2.61. The lowest BCUT2D eigenvalue weighted by molar-refractivity contribution is -0.322. The van der Waals surface area contributed by atoms with Gasteiger partial charge < -0.3 is 57.2 Å². The third-order valence-electron chi connectivity index (χ3n) is 6.00. The van der Waals surface area contributed by atoms with Crippen molar-refractivity contribution >= 4 is 0 Å². The van der Waals surface area contributed by atoms with Gasteiger partial charge in [-0.2, -0.15) is 0 Å². The van der Waals surface area contributed by atoms with Crippen LogP contribution in [0.1, 0.15) is 0 Å². The monoisotopic (exact) mass is 516 g/mol. The van der Waals surface area contributed by atoms with Crippen LogP contribution in [0.4, 0.5) is 4.39 Å². The zero-order valence-corrected chi connectivity index (χ0v) is 21.3. The first-order valence-electron chi connectivity index (χ1n) is 11.5. The van der Waals surface area contributed by atoms with Crippen molar-refractivity contribution in [3.8, 4) is 0 Å². The molecule has 0 aromatic carbocycles. The van der Waals surface area contributed by atoms with E-state index < -0.39 is 61.5 Å². The maximum absolute atomic E-state index is 14.8. The molecule has 0 aliphatic carbocycles. The molecule has 2 rings (SSSR count). The summed E-state index contributed by atoms with van der Waals surface area (Å²) < 4.78 is 76.1. The minimum absolute atomic E-state index is 0.00651. The molecule has 0 saturated carbocycles. The Hall–Kier alpha value is -0.550. The highest BCUT2D eigenvalue weighted by Gasteiger charge is 2.49. The topological polar surface area (TPSA) is 122 Å². The summed E-state index contributed by atoms with van der Waals surface area (Å²) in [6.45, 7) is 0.290. The van der Waals surface area contributed by atoms with Gasteiger partial charge in [-0.1, -0.05) is 0 Å². The molecule has 10 atom stereocenters. The van der Waals surface area contributed by atoms with E-state index in [0.717, 1.165) is 0 Å². The molecule has 0 aromatic heterocycles. The lowest BCUT2D eigenvalue weighted by atomic mass is 9.98. The van der Waals surface area contributed by atoms with Crippen LogP contribution < -0.4 is 0 Å². The van der Waals surface area contributed by atoms with Gasteiger partial charge in [0.1, 0.15) is 48.8 Å². The molecule has 2 aliphatic rings. The smallest absolute Gasteiger partial charge is 0.228 e. The zero-order chi connectivity index (χ0) is 25.8. The van der Waals surface area contributed by atoms with Crippen LogP contribution in [0.25, 0.3) is 0 Å². The first-order valence-corrected chi connectivity index (χ1v) is 11.5. The van der Waals surface area contributed by atoms with Crippen molar-refractivity contribution in [1.29, 1.82) is 0 Å². The normalized spacial score (nSPS) is 38.1. The van der Waals surface area contributed by atoms with E-state index in [0.29, 0.717) is 0 Å². The molecule has 2 heterocycles. The number of aliphatic hydroxyl groups excluding tert-OH is 1. The summed E-state index contributed by atoms with van der Waals surface area (Å²) in [5.41, 5.74) is 0. The predicted octanol–water partition coefficient (Wildman–Crippen LogP) is -0.462. The van der Waals surface area contributed by atoms with E-state index in [1.54, 1.807) is 7.11 Å². The fourth-order valence-electron chi connectivity index (χ4n) is 4.47. The number of alkyl halides is 1. The second kappa shape index (κ2) is 16.3. The lowest BCUT2D eigenvalue weighted by Gasteiger charge is -2.45. The maximum atomic E-state index is 14.8. The van der Waals surface area contributed by atoms with Crippen LogP contribution in [0.3, 0.4) is 0 Å². The standard InChI is InChI=1S/C22H41FO12/c1-25-11-13-15(27-3)17(29-5)19(21(23)34-13)32-9-10-33-22-20(31-8-7-24)18(30-6)16(28-4)14(35-22)12-26-2/h13-22,24H,7-12H2,1-6H3/t13-,14-,15-,16-,17+,18+,19-,20-,21-,22-/m1/s1. The van der Waals surface area contributed by atoms with Gasteiger partial charge in [-0.3, -0.25) is 0 Å². The highest BCUT2D eigenvalue weighted by atomic mass is 19.1. The molecular formula is C22H41FO12. The molecule has 2 aliphatic heterocycles. The molecule has 0 aromatic rings. The molecule has 13 heteroatoms. The fourth-order valence-corrected chi connectivity index (χ4v) is 4.47. The Morgan fingerprint density at radius 3 is 1.60 bits per heavy atom. The highest BCUT2D eigenvalue weighted by Crippen LogP contribution is 2.30. The van der Waals surface area contributed by atoms with Gasteiger partial charge in [-0.15, -0.1) is 0 Å². The van der Waals surface area contributed by atoms with E-state index in [2.05, 4.69) is 0 Å². The number of aliphatic hydroxyl groups is 1. The Kier molecular flexibility index (Phi) is 14.3. The summed E-state index contributed by atoms with van der Waals surface area (Å²) in [4.78, 5) is 0. The van der Waals surface area contributed by atoms with E-state index >= 15 is 0 Å². The molecule has 0 unspecified atom stereocenters. The second-order valence-electron chi connectivity index (χ2n) is 8.05. The van der Waals surface area contributed by atoms with Crippen LogP contribution >= 0.6 is 0 Å². The van der Waals surface area contributed by atoms with Gasteiger partial charge in [-0.05, 0) is 0 Å². The minimum Gasteiger partial charge on any atom is -0.394 e. The highest BCUT2D eigenvalue weighted by molar-refractivity contribution is 4.93. The summed E-state index contributed by atoms with van der Waals surface area (Å²) in [5, 5.41) is 9.23. The van der Waals surface area contributed by atoms with Crippen molar-refractivity contribution in [2.75, 3.05) is 82.3 Å². The first-order chi connectivity index (χ1) is 17.0. The molecule has 2 fully saturated rings. The molecule has 0 spiro atoms. The first kappa shape index (κ1) is 30.7. The van der Waals surface area contributed by atoms with Crippen LogP contribution in [-0.2, 0) is 52.1 Å². The maximum Gasteiger partial charge on any atom is 0.228 e. The Balaban J connectivity index is 2.01. The zero-order valence-electron chi connectivity index (χ0n) is 21.3.